The van der Waals surface area contributed by atoms with Crippen LogP contribution in [0, 0.1) is 0 Å². The first-order valence-corrected chi connectivity index (χ1v) is 8.29. The Morgan fingerprint density at radius 3 is 2.55 bits per heavy atom. The number of nitrogen functional groups attached to an aromatic ring is 1. The number of rotatable bonds is 3. The molecule has 1 aliphatic rings. The summed E-state index contributed by atoms with van der Waals surface area (Å²) in [5.41, 5.74) is 6.52. The summed E-state index contributed by atoms with van der Waals surface area (Å²) in [6.07, 6.45) is 4.50. The first kappa shape index (κ1) is 15.1. The molecule has 0 amide bonds. The fourth-order valence-corrected chi connectivity index (χ4v) is 3.21. The van der Waals surface area contributed by atoms with Gasteiger partial charge in [0.1, 0.15) is 4.90 Å². The van der Waals surface area contributed by atoms with Crippen molar-refractivity contribution in [3.8, 4) is 0 Å². The standard InChI is InChI=1S/C13H21N3O3S/c14-10-8-9(6-7-13(10)20(15,18)19)16-11-4-2-1-3-5-12(11)17/h6-8,11-12,16-17H,1-5,14H2,(H2,15,18,19). The highest BCUT2D eigenvalue weighted by atomic mass is 32.2. The molecular weight excluding hydrogens is 278 g/mol. The normalized spacial score (nSPS) is 24.1. The van der Waals surface area contributed by atoms with Crippen LogP contribution in [0.5, 0.6) is 0 Å². The number of hydrogen-bond donors (Lipinski definition) is 4. The number of nitrogens with one attached hydrogen (secondary N) is 1. The minimum absolute atomic E-state index is 0.0303. The van der Waals surface area contributed by atoms with Crippen LogP contribution in [0.4, 0.5) is 11.4 Å². The minimum atomic E-state index is -3.80. The quantitative estimate of drug-likeness (QED) is 0.491. The first-order valence-electron chi connectivity index (χ1n) is 6.75. The SMILES string of the molecule is Nc1cc(NC2CCCCCC2O)ccc1S(N)(=O)=O. The van der Waals surface area contributed by atoms with Gasteiger partial charge in [0.05, 0.1) is 17.8 Å². The van der Waals surface area contributed by atoms with Crippen LogP contribution >= 0.6 is 0 Å². The number of aliphatic hydroxyl groups is 1. The van der Waals surface area contributed by atoms with E-state index in [0.717, 1.165) is 32.1 Å². The summed E-state index contributed by atoms with van der Waals surface area (Å²) < 4.78 is 22.6. The molecule has 1 aliphatic carbocycles. The number of sulfonamides is 1. The molecule has 0 heterocycles. The Labute approximate surface area is 119 Å². The van der Waals surface area contributed by atoms with Crippen LogP contribution in [0.15, 0.2) is 23.1 Å². The van der Waals surface area contributed by atoms with Crippen molar-refractivity contribution in [1.29, 1.82) is 0 Å². The lowest BCUT2D eigenvalue weighted by atomic mass is 10.1. The van der Waals surface area contributed by atoms with E-state index in [1.807, 2.05) is 0 Å². The maximum atomic E-state index is 11.3. The molecule has 1 aromatic carbocycles. The second-order valence-electron chi connectivity index (χ2n) is 5.25. The van der Waals surface area contributed by atoms with Gasteiger partial charge in [-0.15, -0.1) is 0 Å². The van der Waals surface area contributed by atoms with Gasteiger partial charge >= 0.3 is 0 Å². The highest BCUT2D eigenvalue weighted by Crippen LogP contribution is 2.25. The van der Waals surface area contributed by atoms with E-state index in [4.69, 9.17) is 10.9 Å². The molecule has 0 spiro atoms. The number of aliphatic hydroxyl groups excluding tert-OH is 1. The molecule has 0 aromatic heterocycles. The third kappa shape index (κ3) is 3.62. The molecule has 0 aliphatic heterocycles. The van der Waals surface area contributed by atoms with Gasteiger partial charge in [0.25, 0.3) is 0 Å². The lowest BCUT2D eigenvalue weighted by Crippen LogP contribution is -2.32. The van der Waals surface area contributed by atoms with E-state index >= 15 is 0 Å². The van der Waals surface area contributed by atoms with E-state index in [9.17, 15) is 13.5 Å². The molecule has 0 saturated heterocycles. The molecule has 1 fully saturated rings. The highest BCUT2D eigenvalue weighted by Gasteiger charge is 2.22. The second-order valence-corrected chi connectivity index (χ2v) is 6.78. The fourth-order valence-electron chi connectivity index (χ4n) is 2.57. The Hall–Kier alpha value is -1.31. The predicted molar refractivity (Wildman–Crippen MR) is 78.7 cm³/mol. The largest absolute Gasteiger partial charge is 0.398 e. The van der Waals surface area contributed by atoms with Gasteiger partial charge in [0, 0.05) is 5.69 Å². The van der Waals surface area contributed by atoms with Crippen molar-refractivity contribution >= 4 is 21.4 Å². The maximum absolute atomic E-state index is 11.3. The van der Waals surface area contributed by atoms with Gasteiger partial charge in [-0.05, 0) is 31.0 Å². The summed E-state index contributed by atoms with van der Waals surface area (Å²) in [4.78, 5) is -0.0792. The van der Waals surface area contributed by atoms with Crippen molar-refractivity contribution in [2.75, 3.05) is 11.1 Å². The number of benzene rings is 1. The summed E-state index contributed by atoms with van der Waals surface area (Å²) in [7, 11) is -3.80. The summed E-state index contributed by atoms with van der Waals surface area (Å²) in [5, 5.41) is 18.3. The van der Waals surface area contributed by atoms with E-state index in [1.165, 1.54) is 12.1 Å². The first-order chi connectivity index (χ1) is 9.38. The van der Waals surface area contributed by atoms with Crippen LogP contribution in [0.2, 0.25) is 0 Å². The van der Waals surface area contributed by atoms with Crippen molar-refractivity contribution in [3.63, 3.8) is 0 Å². The smallest absolute Gasteiger partial charge is 0.240 e. The third-order valence-corrected chi connectivity index (χ3v) is 4.63. The number of anilines is 2. The van der Waals surface area contributed by atoms with Crippen molar-refractivity contribution in [2.45, 2.75) is 49.1 Å². The molecule has 2 unspecified atom stereocenters. The van der Waals surface area contributed by atoms with Gasteiger partial charge < -0.3 is 16.2 Å². The molecule has 6 N–H and O–H groups in total. The number of nitrogens with two attached hydrogens (primary N) is 2. The summed E-state index contributed by atoms with van der Waals surface area (Å²) in [5.74, 6) is 0. The average molecular weight is 299 g/mol. The summed E-state index contributed by atoms with van der Waals surface area (Å²) in [6.45, 7) is 0. The van der Waals surface area contributed by atoms with Crippen LogP contribution in [-0.2, 0) is 10.0 Å². The lowest BCUT2D eigenvalue weighted by Gasteiger charge is -2.23. The predicted octanol–water partition coefficient (Wildman–Crippen LogP) is 1.02. The third-order valence-electron chi connectivity index (χ3n) is 3.65. The Bertz CT molecular complexity index is 574. The molecule has 1 aromatic rings. The summed E-state index contributed by atoms with van der Waals surface area (Å²) in [6, 6.07) is 4.51. The Balaban J connectivity index is 2.16. The molecule has 2 rings (SSSR count). The van der Waals surface area contributed by atoms with Crippen LogP contribution in [0.3, 0.4) is 0 Å². The average Bonchev–Trinajstić information content (AvgIpc) is 2.53. The van der Waals surface area contributed by atoms with Crippen LogP contribution < -0.4 is 16.2 Å². The van der Waals surface area contributed by atoms with E-state index in [0.29, 0.717) is 5.69 Å². The van der Waals surface area contributed by atoms with Gasteiger partial charge in [-0.3, -0.25) is 0 Å². The van der Waals surface area contributed by atoms with Crippen molar-refractivity contribution in [3.05, 3.63) is 18.2 Å². The van der Waals surface area contributed by atoms with Gasteiger partial charge in [-0.25, -0.2) is 13.6 Å². The van der Waals surface area contributed by atoms with Crippen molar-refractivity contribution < 1.29 is 13.5 Å². The summed E-state index contributed by atoms with van der Waals surface area (Å²) >= 11 is 0. The van der Waals surface area contributed by atoms with Gasteiger partial charge in [0.2, 0.25) is 10.0 Å². The van der Waals surface area contributed by atoms with Gasteiger partial charge in [-0.1, -0.05) is 19.3 Å². The molecule has 0 radical (unpaired) electrons. The number of hydrogen-bond acceptors (Lipinski definition) is 5. The van der Waals surface area contributed by atoms with E-state index in [1.54, 1.807) is 6.07 Å². The molecule has 7 heteroatoms. The van der Waals surface area contributed by atoms with E-state index in [2.05, 4.69) is 5.32 Å². The van der Waals surface area contributed by atoms with E-state index < -0.39 is 16.1 Å². The van der Waals surface area contributed by atoms with Crippen LogP contribution in [0.1, 0.15) is 32.1 Å². The molecular formula is C13H21N3O3S. The van der Waals surface area contributed by atoms with Gasteiger partial charge in [0.15, 0.2) is 0 Å². The van der Waals surface area contributed by atoms with Crippen LogP contribution in [-0.4, -0.2) is 25.7 Å². The lowest BCUT2D eigenvalue weighted by molar-refractivity contribution is 0.144. The van der Waals surface area contributed by atoms with Crippen molar-refractivity contribution in [2.24, 2.45) is 5.14 Å². The maximum Gasteiger partial charge on any atom is 0.240 e. The van der Waals surface area contributed by atoms with Crippen molar-refractivity contribution in [1.82, 2.24) is 0 Å². The topological polar surface area (TPSA) is 118 Å². The Kier molecular flexibility index (Phi) is 4.52. The van der Waals surface area contributed by atoms with Crippen LogP contribution in [0.25, 0.3) is 0 Å². The zero-order chi connectivity index (χ0) is 14.8. The second kappa shape index (κ2) is 5.99. The Morgan fingerprint density at radius 1 is 1.20 bits per heavy atom. The minimum Gasteiger partial charge on any atom is -0.398 e. The molecule has 1 saturated carbocycles. The fraction of sp³-hybridized carbons (Fsp3) is 0.538. The molecule has 112 valence electrons. The molecule has 6 nitrogen and oxygen atoms in total. The zero-order valence-electron chi connectivity index (χ0n) is 11.2. The highest BCUT2D eigenvalue weighted by molar-refractivity contribution is 7.89. The number of primary sulfonamides is 1. The monoisotopic (exact) mass is 299 g/mol. The molecule has 2 atom stereocenters. The Morgan fingerprint density at radius 2 is 1.90 bits per heavy atom. The zero-order valence-corrected chi connectivity index (χ0v) is 12.1. The molecule has 20 heavy (non-hydrogen) atoms. The molecule has 0 bridgehead atoms. The van der Waals surface area contributed by atoms with Gasteiger partial charge in [-0.2, -0.15) is 0 Å². The van der Waals surface area contributed by atoms with E-state index in [-0.39, 0.29) is 16.6 Å².